The SMILES string of the molecule is Cc1nc(CN(C)C(=O)C(NC(=O)c2ccccc2F)C(C)C)cs1. The van der Waals surface area contributed by atoms with Crippen molar-refractivity contribution in [1.29, 1.82) is 0 Å². The zero-order chi connectivity index (χ0) is 18.6. The molecule has 1 N–H and O–H groups in total. The number of amides is 2. The number of nitrogens with zero attached hydrogens (tertiary/aromatic N) is 2. The molecule has 0 bridgehead atoms. The number of thiazole rings is 1. The van der Waals surface area contributed by atoms with Gasteiger partial charge in [0.15, 0.2) is 0 Å². The summed E-state index contributed by atoms with van der Waals surface area (Å²) in [5.74, 6) is -1.57. The Morgan fingerprint density at radius 1 is 1.32 bits per heavy atom. The minimum atomic E-state index is -0.739. The number of hydrogen-bond acceptors (Lipinski definition) is 4. The minimum absolute atomic E-state index is 0.0706. The summed E-state index contributed by atoms with van der Waals surface area (Å²) < 4.78 is 13.8. The first kappa shape index (κ1) is 19.1. The second-order valence-electron chi connectivity index (χ2n) is 6.23. The van der Waals surface area contributed by atoms with Crippen LogP contribution in [0.2, 0.25) is 0 Å². The highest BCUT2D eigenvalue weighted by atomic mass is 32.1. The van der Waals surface area contributed by atoms with Gasteiger partial charge in [0.05, 0.1) is 22.8 Å². The molecule has 2 aromatic rings. The topological polar surface area (TPSA) is 62.3 Å². The van der Waals surface area contributed by atoms with Crippen LogP contribution in [-0.2, 0) is 11.3 Å². The zero-order valence-corrected chi connectivity index (χ0v) is 15.6. The van der Waals surface area contributed by atoms with E-state index < -0.39 is 17.8 Å². The third kappa shape index (κ3) is 4.85. The summed E-state index contributed by atoms with van der Waals surface area (Å²) in [6.45, 7) is 5.94. The molecule has 1 unspecified atom stereocenters. The largest absolute Gasteiger partial charge is 0.340 e. The van der Waals surface area contributed by atoms with Gasteiger partial charge in [0.1, 0.15) is 11.9 Å². The smallest absolute Gasteiger partial charge is 0.254 e. The average molecular weight is 363 g/mol. The average Bonchev–Trinajstić information content (AvgIpc) is 2.96. The molecule has 0 saturated heterocycles. The molecule has 25 heavy (non-hydrogen) atoms. The van der Waals surface area contributed by atoms with E-state index in [9.17, 15) is 14.0 Å². The summed E-state index contributed by atoms with van der Waals surface area (Å²) in [5.41, 5.74) is 0.736. The summed E-state index contributed by atoms with van der Waals surface area (Å²) in [5, 5.41) is 5.50. The number of rotatable bonds is 6. The fourth-order valence-corrected chi connectivity index (χ4v) is 3.02. The van der Waals surface area contributed by atoms with Crippen molar-refractivity contribution in [3.8, 4) is 0 Å². The number of aromatic nitrogens is 1. The second-order valence-corrected chi connectivity index (χ2v) is 7.29. The van der Waals surface area contributed by atoms with Crippen LogP contribution in [0.4, 0.5) is 4.39 Å². The van der Waals surface area contributed by atoms with Crippen LogP contribution < -0.4 is 5.32 Å². The number of halogens is 1. The number of likely N-dealkylation sites (N-methyl/N-ethyl adjacent to an activating group) is 1. The summed E-state index contributed by atoms with van der Waals surface area (Å²) in [4.78, 5) is 31.0. The third-order valence-corrected chi connectivity index (χ3v) is 4.60. The van der Waals surface area contributed by atoms with Crippen LogP contribution in [0.5, 0.6) is 0 Å². The van der Waals surface area contributed by atoms with Gasteiger partial charge in [-0.15, -0.1) is 11.3 Å². The van der Waals surface area contributed by atoms with Gasteiger partial charge in [-0.2, -0.15) is 0 Å². The normalized spacial score (nSPS) is 12.1. The van der Waals surface area contributed by atoms with E-state index in [1.807, 2.05) is 26.2 Å². The Morgan fingerprint density at radius 2 is 2.00 bits per heavy atom. The Hall–Kier alpha value is -2.28. The third-order valence-electron chi connectivity index (χ3n) is 3.78. The molecule has 0 spiro atoms. The van der Waals surface area contributed by atoms with E-state index in [1.54, 1.807) is 13.1 Å². The van der Waals surface area contributed by atoms with Crippen molar-refractivity contribution in [2.75, 3.05) is 7.05 Å². The molecule has 1 atom stereocenters. The van der Waals surface area contributed by atoms with Crippen molar-refractivity contribution in [1.82, 2.24) is 15.2 Å². The number of hydrogen-bond donors (Lipinski definition) is 1. The van der Waals surface area contributed by atoms with Gasteiger partial charge in [-0.3, -0.25) is 9.59 Å². The predicted octanol–water partition coefficient (Wildman–Crippen LogP) is 3.00. The van der Waals surface area contributed by atoms with E-state index in [4.69, 9.17) is 0 Å². The Balaban J connectivity index is 2.10. The Bertz CT molecular complexity index is 760. The number of aryl methyl sites for hydroxylation is 1. The fourth-order valence-electron chi connectivity index (χ4n) is 2.42. The van der Waals surface area contributed by atoms with Crippen molar-refractivity contribution >= 4 is 23.2 Å². The van der Waals surface area contributed by atoms with E-state index >= 15 is 0 Å². The van der Waals surface area contributed by atoms with Gasteiger partial charge in [0, 0.05) is 12.4 Å². The standard InChI is InChI=1S/C18H22FN3O2S/c1-11(2)16(21-17(23)14-7-5-6-8-15(14)19)18(24)22(4)9-13-10-25-12(3)20-13/h5-8,10-11,16H,9H2,1-4H3,(H,21,23). The molecule has 0 radical (unpaired) electrons. The molecule has 2 amide bonds. The van der Waals surface area contributed by atoms with Crippen LogP contribution >= 0.6 is 11.3 Å². The van der Waals surface area contributed by atoms with Crippen LogP contribution in [-0.4, -0.2) is 34.8 Å². The van der Waals surface area contributed by atoms with Crippen molar-refractivity contribution in [3.63, 3.8) is 0 Å². The Labute approximate surface area is 150 Å². The molecule has 0 aliphatic heterocycles. The Kier molecular flexibility index (Phi) is 6.25. The van der Waals surface area contributed by atoms with Gasteiger partial charge in [-0.1, -0.05) is 26.0 Å². The van der Waals surface area contributed by atoms with Crippen LogP contribution in [0, 0.1) is 18.7 Å². The molecule has 2 rings (SSSR count). The van der Waals surface area contributed by atoms with E-state index in [2.05, 4.69) is 10.3 Å². The molecule has 0 saturated carbocycles. The molecule has 0 aliphatic rings. The first-order chi connectivity index (χ1) is 11.8. The highest BCUT2D eigenvalue weighted by Crippen LogP contribution is 2.13. The number of carbonyl (C=O) groups excluding carboxylic acids is 2. The molecule has 1 aromatic carbocycles. The quantitative estimate of drug-likeness (QED) is 0.858. The second kappa shape index (κ2) is 8.20. The lowest BCUT2D eigenvalue weighted by Gasteiger charge is -2.26. The summed E-state index contributed by atoms with van der Waals surface area (Å²) in [6.07, 6.45) is 0. The van der Waals surface area contributed by atoms with Gasteiger partial charge < -0.3 is 10.2 Å². The molecule has 7 heteroatoms. The molecule has 0 aliphatic carbocycles. The summed E-state index contributed by atoms with van der Waals surface area (Å²) in [6, 6.07) is 4.98. The van der Waals surface area contributed by atoms with Crippen LogP contribution in [0.1, 0.15) is 34.9 Å². The van der Waals surface area contributed by atoms with Gasteiger partial charge in [-0.05, 0) is 25.0 Å². The van der Waals surface area contributed by atoms with Crippen molar-refractivity contribution in [2.24, 2.45) is 5.92 Å². The highest BCUT2D eigenvalue weighted by Gasteiger charge is 2.28. The molecule has 1 heterocycles. The van der Waals surface area contributed by atoms with Crippen molar-refractivity contribution in [2.45, 2.75) is 33.4 Å². The number of nitrogens with one attached hydrogen (secondary N) is 1. The predicted molar refractivity (Wildman–Crippen MR) is 95.8 cm³/mol. The van der Waals surface area contributed by atoms with Gasteiger partial charge >= 0.3 is 0 Å². The molecule has 5 nitrogen and oxygen atoms in total. The number of benzene rings is 1. The van der Waals surface area contributed by atoms with Crippen molar-refractivity contribution < 1.29 is 14.0 Å². The van der Waals surface area contributed by atoms with Gasteiger partial charge in [-0.25, -0.2) is 9.37 Å². The maximum absolute atomic E-state index is 13.8. The van der Waals surface area contributed by atoms with E-state index in [1.165, 1.54) is 34.4 Å². The lowest BCUT2D eigenvalue weighted by molar-refractivity contribution is -0.133. The molecule has 0 fully saturated rings. The molecule has 1 aromatic heterocycles. The Morgan fingerprint density at radius 3 is 2.56 bits per heavy atom. The van der Waals surface area contributed by atoms with E-state index in [-0.39, 0.29) is 17.4 Å². The van der Waals surface area contributed by atoms with Crippen molar-refractivity contribution in [3.05, 3.63) is 51.7 Å². The first-order valence-corrected chi connectivity index (χ1v) is 8.89. The minimum Gasteiger partial charge on any atom is -0.340 e. The highest BCUT2D eigenvalue weighted by molar-refractivity contribution is 7.09. The van der Waals surface area contributed by atoms with Crippen LogP contribution in [0.25, 0.3) is 0 Å². The molecule has 134 valence electrons. The van der Waals surface area contributed by atoms with E-state index in [0.717, 1.165) is 10.7 Å². The maximum atomic E-state index is 13.8. The first-order valence-electron chi connectivity index (χ1n) is 8.01. The van der Waals surface area contributed by atoms with Gasteiger partial charge in [0.25, 0.3) is 5.91 Å². The lowest BCUT2D eigenvalue weighted by Crippen LogP contribution is -2.50. The lowest BCUT2D eigenvalue weighted by atomic mass is 10.0. The number of carbonyl (C=O) groups is 2. The summed E-state index contributed by atoms with van der Waals surface area (Å²) in [7, 11) is 1.67. The summed E-state index contributed by atoms with van der Waals surface area (Å²) >= 11 is 1.52. The molecular formula is C18H22FN3O2S. The zero-order valence-electron chi connectivity index (χ0n) is 14.7. The van der Waals surface area contributed by atoms with Crippen LogP contribution in [0.3, 0.4) is 0 Å². The maximum Gasteiger partial charge on any atom is 0.254 e. The fraction of sp³-hybridized carbons (Fsp3) is 0.389. The molecular weight excluding hydrogens is 341 g/mol. The van der Waals surface area contributed by atoms with Gasteiger partial charge in [0.2, 0.25) is 5.91 Å². The monoisotopic (exact) mass is 363 g/mol. The van der Waals surface area contributed by atoms with Crippen LogP contribution in [0.15, 0.2) is 29.6 Å². The van der Waals surface area contributed by atoms with E-state index in [0.29, 0.717) is 6.54 Å².